The number of fused-ring (bicyclic) bond motifs is 11. The fourth-order valence-corrected chi connectivity index (χ4v) is 9.04. The number of ether oxygens (including phenoxy) is 1. The predicted octanol–water partition coefficient (Wildman–Crippen LogP) is 11.3. The molecule has 6 aromatic carbocycles. The van der Waals surface area contributed by atoms with E-state index in [0.717, 1.165) is 71.9 Å². The topological polar surface area (TPSA) is 57.2 Å². The van der Waals surface area contributed by atoms with Crippen LogP contribution in [0.25, 0.3) is 66.3 Å². The van der Waals surface area contributed by atoms with Gasteiger partial charge in [0.1, 0.15) is 11.5 Å². The van der Waals surface area contributed by atoms with Crippen LogP contribution in [0.1, 0.15) is 22.3 Å². The van der Waals surface area contributed by atoms with Crippen molar-refractivity contribution in [1.29, 1.82) is 0 Å². The Hall–Kier alpha value is -6.91. The van der Waals surface area contributed by atoms with Gasteiger partial charge in [-0.3, -0.25) is 4.98 Å². The van der Waals surface area contributed by atoms with E-state index in [1.165, 1.54) is 16.7 Å². The Labute approximate surface area is 341 Å². The van der Waals surface area contributed by atoms with Crippen LogP contribution in [0.4, 0.5) is 0 Å². The molecule has 11 aromatic rings. The summed E-state index contributed by atoms with van der Waals surface area (Å²) in [5.74, 6) is 2.03. The molecule has 270 valence electrons. The van der Waals surface area contributed by atoms with E-state index in [1.807, 2.05) is 54.9 Å². The smallest absolute Gasteiger partial charge is 0.503 e. The van der Waals surface area contributed by atoms with Gasteiger partial charge in [0.15, 0.2) is 0 Å². The van der Waals surface area contributed by atoms with Crippen LogP contribution < -0.4 is 4.74 Å². The molecule has 1 aliphatic heterocycles. The first-order valence-electron chi connectivity index (χ1n) is 18.7. The van der Waals surface area contributed by atoms with Gasteiger partial charge in [-0.1, -0.05) is 144 Å². The van der Waals surface area contributed by atoms with E-state index in [2.05, 4.69) is 143 Å². The number of aromatic nitrogens is 5. The molecule has 0 bridgehead atoms. The van der Waals surface area contributed by atoms with Gasteiger partial charge in [0.25, 0.3) is 0 Å². The fourth-order valence-electron chi connectivity index (χ4n) is 9.04. The standard InChI is InChI=1S/C50H29N5O.Pd/c1-4-13-32(14-5-1)44-31-54-47-40(20-11-27-51-47)37-25-23-35(29-41(37)48(54)53-44)56-36-24-26-38-39-19-10-21-42-46(39)55(45(38)30-36)49-43(22-12-28-52-49)50(42,33-15-6-2-7-16-33)34-17-8-3-9-18-34;/h1-28,31H;/q-2;+2. The first-order valence-corrected chi connectivity index (χ1v) is 18.7. The van der Waals surface area contributed by atoms with Crippen molar-refractivity contribution in [2.24, 2.45) is 0 Å². The second kappa shape index (κ2) is 12.8. The molecule has 1 aliphatic rings. The second-order valence-electron chi connectivity index (χ2n) is 14.3. The Morgan fingerprint density at radius 1 is 0.526 bits per heavy atom. The monoisotopic (exact) mass is 821 g/mol. The van der Waals surface area contributed by atoms with Crippen molar-refractivity contribution in [1.82, 2.24) is 23.9 Å². The summed E-state index contributed by atoms with van der Waals surface area (Å²) in [5, 5.41) is 5.11. The summed E-state index contributed by atoms with van der Waals surface area (Å²) in [6.07, 6.45) is 5.76. The predicted molar refractivity (Wildman–Crippen MR) is 222 cm³/mol. The van der Waals surface area contributed by atoms with Crippen LogP contribution in [0, 0.1) is 12.1 Å². The van der Waals surface area contributed by atoms with Crippen LogP contribution in [-0.4, -0.2) is 23.9 Å². The zero-order chi connectivity index (χ0) is 36.8. The Bertz CT molecular complexity index is 3300. The molecule has 6 heterocycles. The molecule has 0 fully saturated rings. The van der Waals surface area contributed by atoms with E-state index in [4.69, 9.17) is 19.7 Å². The van der Waals surface area contributed by atoms with Crippen molar-refractivity contribution < 1.29 is 25.2 Å². The maximum Gasteiger partial charge on any atom is 2.00 e. The number of benzene rings is 6. The van der Waals surface area contributed by atoms with Crippen molar-refractivity contribution in [3.8, 4) is 28.6 Å². The summed E-state index contributed by atoms with van der Waals surface area (Å²) in [6.45, 7) is 0. The number of hydrogen-bond acceptors (Lipinski definition) is 4. The van der Waals surface area contributed by atoms with E-state index in [9.17, 15) is 0 Å². The maximum absolute atomic E-state index is 6.66. The molecule has 0 aliphatic carbocycles. The summed E-state index contributed by atoms with van der Waals surface area (Å²) in [4.78, 5) is 15.0. The third-order valence-corrected chi connectivity index (χ3v) is 11.3. The van der Waals surface area contributed by atoms with E-state index >= 15 is 0 Å². The van der Waals surface area contributed by atoms with Crippen molar-refractivity contribution >= 4 is 49.3 Å². The molecule has 6 nitrogen and oxygen atoms in total. The molecule has 0 unspecified atom stereocenters. The van der Waals surface area contributed by atoms with Gasteiger partial charge in [-0.2, -0.15) is 6.07 Å². The molecule has 5 aromatic heterocycles. The third kappa shape index (κ3) is 4.77. The Balaban J connectivity index is 0.00000374. The van der Waals surface area contributed by atoms with Crippen LogP contribution in [0.2, 0.25) is 0 Å². The van der Waals surface area contributed by atoms with E-state index < -0.39 is 5.41 Å². The number of nitrogens with zero attached hydrogens (tertiary/aromatic N) is 5. The van der Waals surface area contributed by atoms with Crippen molar-refractivity contribution in [3.63, 3.8) is 0 Å². The van der Waals surface area contributed by atoms with Crippen LogP contribution in [0.15, 0.2) is 176 Å². The van der Waals surface area contributed by atoms with Gasteiger partial charge < -0.3 is 13.7 Å². The zero-order valence-corrected chi connectivity index (χ0v) is 31.8. The van der Waals surface area contributed by atoms with Gasteiger partial charge in [0, 0.05) is 46.7 Å². The van der Waals surface area contributed by atoms with Crippen molar-refractivity contribution in [3.05, 3.63) is 211 Å². The van der Waals surface area contributed by atoms with Gasteiger partial charge in [0.2, 0.25) is 0 Å². The largest absolute Gasteiger partial charge is 2.00 e. The number of rotatable bonds is 5. The molecule has 0 saturated heterocycles. The Kier molecular flexibility index (Phi) is 7.52. The minimum Gasteiger partial charge on any atom is -0.503 e. The van der Waals surface area contributed by atoms with Gasteiger partial charge in [-0.25, -0.2) is 9.97 Å². The zero-order valence-electron chi connectivity index (χ0n) is 30.2. The molecular weight excluding hydrogens is 793 g/mol. The summed E-state index contributed by atoms with van der Waals surface area (Å²) in [5.41, 5.74) is 9.64. The van der Waals surface area contributed by atoms with Gasteiger partial charge >= 0.3 is 20.4 Å². The van der Waals surface area contributed by atoms with Gasteiger partial charge in [-0.15, -0.1) is 29.7 Å². The van der Waals surface area contributed by atoms with E-state index in [0.29, 0.717) is 11.5 Å². The fraction of sp³-hybridized carbons (Fsp3) is 0.0200. The van der Waals surface area contributed by atoms with Crippen LogP contribution in [-0.2, 0) is 25.8 Å². The molecule has 12 rings (SSSR count). The van der Waals surface area contributed by atoms with E-state index in [-0.39, 0.29) is 20.4 Å². The summed E-state index contributed by atoms with van der Waals surface area (Å²) < 4.78 is 11.0. The molecular formula is C50H29N5OPd. The minimum atomic E-state index is -0.590. The molecule has 0 saturated carbocycles. The first kappa shape index (κ1) is 33.4. The number of hydrogen-bond donors (Lipinski definition) is 0. The number of imidazole rings is 1. The average Bonchev–Trinajstić information content (AvgIpc) is 3.87. The minimum absolute atomic E-state index is 0. The Morgan fingerprint density at radius 2 is 1.18 bits per heavy atom. The molecule has 7 heteroatoms. The van der Waals surface area contributed by atoms with Crippen LogP contribution in [0.3, 0.4) is 0 Å². The van der Waals surface area contributed by atoms with Crippen LogP contribution in [0.5, 0.6) is 11.5 Å². The molecule has 0 radical (unpaired) electrons. The second-order valence-corrected chi connectivity index (χ2v) is 14.3. The van der Waals surface area contributed by atoms with Crippen molar-refractivity contribution in [2.75, 3.05) is 0 Å². The molecule has 0 spiro atoms. The summed E-state index contributed by atoms with van der Waals surface area (Å²) in [7, 11) is 0. The average molecular weight is 822 g/mol. The molecule has 0 atom stereocenters. The van der Waals surface area contributed by atoms with Gasteiger partial charge in [-0.05, 0) is 39.6 Å². The normalized spacial score (nSPS) is 12.9. The number of pyridine rings is 3. The van der Waals surface area contributed by atoms with Crippen LogP contribution >= 0.6 is 0 Å². The molecule has 57 heavy (non-hydrogen) atoms. The van der Waals surface area contributed by atoms with Crippen molar-refractivity contribution in [2.45, 2.75) is 5.41 Å². The molecule has 0 amide bonds. The molecule has 0 N–H and O–H groups in total. The van der Waals surface area contributed by atoms with E-state index in [1.54, 1.807) is 0 Å². The Morgan fingerprint density at radius 3 is 1.95 bits per heavy atom. The number of para-hydroxylation sites is 1. The van der Waals surface area contributed by atoms with Gasteiger partial charge in [0.05, 0.1) is 16.8 Å². The SMILES string of the molecule is [Pd+2].[c-]1c(Oc2[c-]c3c(cc2)c2cccc4c2n3-c2ncccc2C4(c2ccccc2)c2ccccc2)ccc2c1c1nc(-c3ccccc3)cn1c1ncccc21. The first-order chi connectivity index (χ1) is 27.8. The maximum atomic E-state index is 6.66. The summed E-state index contributed by atoms with van der Waals surface area (Å²) >= 11 is 0. The third-order valence-electron chi connectivity index (χ3n) is 11.3. The quantitative estimate of drug-likeness (QED) is 0.0986. The summed E-state index contributed by atoms with van der Waals surface area (Å²) in [6, 6.07) is 62.2.